The number of aryl methyl sites for hydroxylation is 1. The zero-order valence-electron chi connectivity index (χ0n) is 12.8. The normalized spacial score (nSPS) is 19.6. The maximum absolute atomic E-state index is 5.73. The molecule has 1 fully saturated rings. The highest BCUT2D eigenvalue weighted by atomic mass is 16.5. The molecule has 3 rings (SSSR count). The molecule has 2 aromatic rings. The van der Waals surface area contributed by atoms with E-state index in [9.17, 15) is 0 Å². The van der Waals surface area contributed by atoms with Crippen LogP contribution in [0.1, 0.15) is 29.5 Å². The highest BCUT2D eigenvalue weighted by Gasteiger charge is 2.26. The molecule has 0 spiro atoms. The van der Waals surface area contributed by atoms with Crippen LogP contribution in [0, 0.1) is 6.92 Å². The number of nitrogens with zero attached hydrogens (tertiary/aromatic N) is 5. The van der Waals surface area contributed by atoms with E-state index in [-0.39, 0.29) is 6.10 Å². The number of methoxy groups -OCH3 is 1. The summed E-state index contributed by atoms with van der Waals surface area (Å²) in [6, 6.07) is 0. The van der Waals surface area contributed by atoms with Gasteiger partial charge in [-0.05, 0) is 6.92 Å². The molecule has 3 heterocycles. The summed E-state index contributed by atoms with van der Waals surface area (Å²) >= 11 is 0. The van der Waals surface area contributed by atoms with Crippen molar-refractivity contribution >= 4 is 0 Å². The zero-order chi connectivity index (χ0) is 15.4. The van der Waals surface area contributed by atoms with Crippen molar-refractivity contribution in [3.05, 3.63) is 23.4 Å². The lowest BCUT2D eigenvalue weighted by atomic mass is 10.2. The fraction of sp³-hybridized carbons (Fsp3) is 0.692. The molecule has 0 aromatic carbocycles. The summed E-state index contributed by atoms with van der Waals surface area (Å²) in [4.78, 5) is 10.9. The van der Waals surface area contributed by atoms with Gasteiger partial charge in [0.15, 0.2) is 11.6 Å². The van der Waals surface area contributed by atoms with Crippen molar-refractivity contribution in [3.8, 4) is 0 Å². The third-order valence-electron chi connectivity index (χ3n) is 3.45. The fourth-order valence-electron chi connectivity index (χ4n) is 2.35. The van der Waals surface area contributed by atoms with Gasteiger partial charge in [0.1, 0.15) is 11.9 Å². The van der Waals surface area contributed by atoms with Crippen LogP contribution in [0.4, 0.5) is 0 Å². The SMILES string of the molecule is COCCc1noc(CN2CCO[C@@H](c3n[nH]c(C)n3)C2)n1. The van der Waals surface area contributed by atoms with E-state index in [1.165, 1.54) is 0 Å². The predicted molar refractivity (Wildman–Crippen MR) is 75.0 cm³/mol. The molecule has 1 N–H and O–H groups in total. The van der Waals surface area contributed by atoms with Crippen LogP contribution in [0.15, 0.2) is 4.52 Å². The van der Waals surface area contributed by atoms with Crippen LogP contribution >= 0.6 is 0 Å². The Morgan fingerprint density at radius 3 is 3.09 bits per heavy atom. The largest absolute Gasteiger partial charge is 0.384 e. The second kappa shape index (κ2) is 6.95. The Kier molecular flexibility index (Phi) is 4.76. The number of hydrogen-bond donors (Lipinski definition) is 1. The third kappa shape index (κ3) is 3.67. The number of aromatic amines is 1. The highest BCUT2D eigenvalue weighted by molar-refractivity contribution is 4.96. The van der Waals surface area contributed by atoms with Gasteiger partial charge in [0.2, 0.25) is 5.89 Å². The molecule has 1 saturated heterocycles. The minimum atomic E-state index is -0.130. The Balaban J connectivity index is 1.57. The molecule has 0 aliphatic carbocycles. The summed E-state index contributed by atoms with van der Waals surface area (Å²) in [7, 11) is 1.65. The molecule has 22 heavy (non-hydrogen) atoms. The Labute approximate surface area is 128 Å². The van der Waals surface area contributed by atoms with Crippen LogP contribution in [0.25, 0.3) is 0 Å². The van der Waals surface area contributed by atoms with Gasteiger partial charge >= 0.3 is 0 Å². The zero-order valence-corrected chi connectivity index (χ0v) is 12.8. The second-order valence-electron chi connectivity index (χ2n) is 5.22. The van der Waals surface area contributed by atoms with Crippen molar-refractivity contribution in [2.75, 3.05) is 33.4 Å². The van der Waals surface area contributed by atoms with Gasteiger partial charge < -0.3 is 14.0 Å². The molecule has 0 bridgehead atoms. The monoisotopic (exact) mass is 308 g/mol. The second-order valence-corrected chi connectivity index (χ2v) is 5.22. The quantitative estimate of drug-likeness (QED) is 0.810. The van der Waals surface area contributed by atoms with Crippen molar-refractivity contribution in [2.45, 2.75) is 26.0 Å². The van der Waals surface area contributed by atoms with Crippen LogP contribution < -0.4 is 0 Å². The molecule has 1 atom stereocenters. The van der Waals surface area contributed by atoms with E-state index in [2.05, 4.69) is 30.2 Å². The lowest BCUT2D eigenvalue weighted by Crippen LogP contribution is -2.38. The molecule has 9 nitrogen and oxygen atoms in total. The molecule has 0 unspecified atom stereocenters. The van der Waals surface area contributed by atoms with Gasteiger partial charge in [-0.25, -0.2) is 4.98 Å². The van der Waals surface area contributed by atoms with Gasteiger partial charge in [0.05, 0.1) is 19.8 Å². The minimum absolute atomic E-state index is 0.130. The Morgan fingerprint density at radius 2 is 2.32 bits per heavy atom. The van der Waals surface area contributed by atoms with E-state index < -0.39 is 0 Å². The van der Waals surface area contributed by atoms with Crippen molar-refractivity contribution in [1.82, 2.24) is 30.2 Å². The number of ether oxygens (including phenoxy) is 2. The van der Waals surface area contributed by atoms with Gasteiger partial charge in [-0.1, -0.05) is 5.16 Å². The number of aromatic nitrogens is 5. The van der Waals surface area contributed by atoms with E-state index in [0.717, 1.165) is 12.4 Å². The molecule has 0 radical (unpaired) electrons. The molecular weight excluding hydrogens is 288 g/mol. The average Bonchev–Trinajstić information content (AvgIpc) is 3.15. The van der Waals surface area contributed by atoms with Crippen LogP contribution in [0.3, 0.4) is 0 Å². The van der Waals surface area contributed by atoms with Gasteiger partial charge in [-0.2, -0.15) is 10.1 Å². The molecule has 120 valence electrons. The number of H-pyrrole nitrogens is 1. The maximum atomic E-state index is 5.73. The summed E-state index contributed by atoms with van der Waals surface area (Å²) in [6.45, 7) is 5.20. The first kappa shape index (κ1) is 15.1. The minimum Gasteiger partial charge on any atom is -0.384 e. The fourth-order valence-corrected chi connectivity index (χ4v) is 2.35. The first-order chi connectivity index (χ1) is 10.7. The standard InChI is InChI=1S/C13H20N6O3/c1-9-14-13(17-16-9)10-7-19(4-6-21-10)8-12-15-11(18-22-12)3-5-20-2/h10H,3-8H2,1-2H3,(H,14,16,17)/t10-/m1/s1. The van der Waals surface area contributed by atoms with Gasteiger partial charge in [-0.15, -0.1) is 0 Å². The molecule has 1 aliphatic heterocycles. The summed E-state index contributed by atoms with van der Waals surface area (Å²) in [5.74, 6) is 2.76. The Bertz CT molecular complexity index is 598. The number of rotatable bonds is 6. The van der Waals surface area contributed by atoms with E-state index in [1.807, 2.05) is 6.92 Å². The summed E-state index contributed by atoms with van der Waals surface area (Å²) in [6.07, 6.45) is 0.525. The molecule has 1 aliphatic rings. The van der Waals surface area contributed by atoms with Crippen molar-refractivity contribution in [1.29, 1.82) is 0 Å². The van der Waals surface area contributed by atoms with Crippen LogP contribution in [0.5, 0.6) is 0 Å². The molecule has 9 heteroatoms. The predicted octanol–water partition coefficient (Wildman–Crippen LogP) is 0.259. The lowest BCUT2D eigenvalue weighted by Gasteiger charge is -2.30. The average molecular weight is 308 g/mol. The first-order valence-electron chi connectivity index (χ1n) is 7.28. The molecular formula is C13H20N6O3. The maximum Gasteiger partial charge on any atom is 0.240 e. The topological polar surface area (TPSA) is 102 Å². The van der Waals surface area contributed by atoms with Crippen molar-refractivity contribution in [2.24, 2.45) is 0 Å². The van der Waals surface area contributed by atoms with Crippen molar-refractivity contribution in [3.63, 3.8) is 0 Å². The Hall–Kier alpha value is -1.84. The highest BCUT2D eigenvalue weighted by Crippen LogP contribution is 2.20. The van der Waals surface area contributed by atoms with E-state index in [0.29, 0.717) is 50.3 Å². The van der Waals surface area contributed by atoms with E-state index >= 15 is 0 Å². The van der Waals surface area contributed by atoms with Crippen LogP contribution in [-0.4, -0.2) is 63.6 Å². The van der Waals surface area contributed by atoms with E-state index in [1.54, 1.807) is 7.11 Å². The van der Waals surface area contributed by atoms with Crippen LogP contribution in [0.2, 0.25) is 0 Å². The first-order valence-corrected chi connectivity index (χ1v) is 7.28. The number of morpholine rings is 1. The third-order valence-corrected chi connectivity index (χ3v) is 3.45. The molecule has 0 amide bonds. The molecule has 0 saturated carbocycles. The van der Waals surface area contributed by atoms with Crippen molar-refractivity contribution < 1.29 is 14.0 Å². The number of nitrogens with one attached hydrogen (secondary N) is 1. The smallest absolute Gasteiger partial charge is 0.240 e. The molecule has 2 aromatic heterocycles. The van der Waals surface area contributed by atoms with Crippen LogP contribution in [-0.2, 0) is 22.4 Å². The van der Waals surface area contributed by atoms with E-state index in [4.69, 9.17) is 14.0 Å². The lowest BCUT2D eigenvalue weighted by molar-refractivity contribution is -0.0396. The summed E-state index contributed by atoms with van der Waals surface area (Å²) < 4.78 is 16.0. The van der Waals surface area contributed by atoms with Gasteiger partial charge in [0.25, 0.3) is 0 Å². The number of hydrogen-bond acceptors (Lipinski definition) is 8. The summed E-state index contributed by atoms with van der Waals surface area (Å²) in [5, 5.41) is 11.0. The van der Waals surface area contributed by atoms with Gasteiger partial charge in [-0.3, -0.25) is 10.00 Å². The van der Waals surface area contributed by atoms with Gasteiger partial charge in [0, 0.05) is 26.6 Å². The Morgan fingerprint density at radius 1 is 1.41 bits per heavy atom. The summed E-state index contributed by atoms with van der Waals surface area (Å²) in [5.41, 5.74) is 0.